The molecular weight excluding hydrogens is 564 g/mol. The smallest absolute Gasteiger partial charge is 0.439 e. The molecule has 9 heteroatoms. The lowest BCUT2D eigenvalue weighted by Gasteiger charge is -2.17. The van der Waals surface area contributed by atoms with E-state index in [0.717, 1.165) is 58.6 Å². The van der Waals surface area contributed by atoms with Gasteiger partial charge in [0.2, 0.25) is 0 Å². The van der Waals surface area contributed by atoms with Gasteiger partial charge in [-0.1, -0.05) is 66.5 Å². The van der Waals surface area contributed by atoms with Crippen molar-refractivity contribution in [2.24, 2.45) is 0 Å². The Morgan fingerprint density at radius 3 is 2.56 bits per heavy atom. The summed E-state index contributed by atoms with van der Waals surface area (Å²) in [5, 5.41) is 4.38. The first-order valence-electron chi connectivity index (χ1n) is 14.5. The first-order valence-corrected chi connectivity index (χ1v) is 14.9. The molecule has 2 aromatic heterocycles. The van der Waals surface area contributed by atoms with Gasteiger partial charge in [0.05, 0.1) is 11.4 Å². The first kappa shape index (κ1) is 28.7. The van der Waals surface area contributed by atoms with Gasteiger partial charge in [-0.3, -0.25) is 18.9 Å². The summed E-state index contributed by atoms with van der Waals surface area (Å²) in [5.74, 6) is 1.23. The molecule has 3 heterocycles. The highest BCUT2D eigenvalue weighted by Crippen LogP contribution is 2.36. The molecule has 3 aromatic carbocycles. The quantitative estimate of drug-likeness (QED) is 0.210. The molecule has 6 rings (SSSR count). The number of benzene rings is 3. The van der Waals surface area contributed by atoms with Crippen molar-refractivity contribution < 1.29 is 9.26 Å². The summed E-state index contributed by atoms with van der Waals surface area (Å²) in [7, 11) is 0. The van der Waals surface area contributed by atoms with Gasteiger partial charge in [0.15, 0.2) is 5.82 Å². The van der Waals surface area contributed by atoms with E-state index in [-0.39, 0.29) is 11.2 Å². The van der Waals surface area contributed by atoms with E-state index < -0.39 is 5.76 Å². The van der Waals surface area contributed by atoms with Crippen LogP contribution in [0.25, 0.3) is 28.2 Å². The van der Waals surface area contributed by atoms with Gasteiger partial charge in [-0.15, -0.1) is 0 Å². The van der Waals surface area contributed by atoms with Crippen LogP contribution in [-0.4, -0.2) is 25.3 Å². The monoisotopic (exact) mass is 596 g/mol. The van der Waals surface area contributed by atoms with Crippen LogP contribution < -0.4 is 16.1 Å². The van der Waals surface area contributed by atoms with E-state index in [1.165, 1.54) is 0 Å². The Morgan fingerprint density at radius 2 is 1.84 bits per heavy atom. The number of aromatic amines is 1. The molecule has 0 unspecified atom stereocenters. The zero-order chi connectivity index (χ0) is 30.3. The molecule has 1 N–H and O–H groups in total. The largest absolute Gasteiger partial charge is 0.487 e. The lowest BCUT2D eigenvalue weighted by atomic mass is 9.96. The highest BCUT2D eigenvalue weighted by Gasteiger charge is 2.30. The Kier molecular flexibility index (Phi) is 7.56. The number of hydrogen-bond acceptors (Lipinski definition) is 6. The Morgan fingerprint density at radius 1 is 1.05 bits per heavy atom. The summed E-state index contributed by atoms with van der Waals surface area (Å²) in [4.78, 5) is 33.4. The number of H-pyrrole nitrogens is 1. The fraction of sp³-hybridized carbons (Fsp3) is 0.294. The Hall–Kier alpha value is -4.43. The number of nitrogens with zero attached hydrogens (tertiary/aromatic N) is 3. The van der Waals surface area contributed by atoms with Crippen LogP contribution in [0.15, 0.2) is 74.8 Å². The third-order valence-corrected chi connectivity index (χ3v) is 8.21. The van der Waals surface area contributed by atoms with Crippen molar-refractivity contribution in [2.75, 3.05) is 0 Å². The number of fused-ring (bicyclic) bond motifs is 1. The summed E-state index contributed by atoms with van der Waals surface area (Å²) in [6.45, 7) is 8.14. The second-order valence-corrected chi connectivity index (χ2v) is 12.0. The van der Waals surface area contributed by atoms with Crippen molar-refractivity contribution in [3.8, 4) is 34.0 Å². The zero-order valence-corrected chi connectivity index (χ0v) is 25.4. The molecule has 0 atom stereocenters. The van der Waals surface area contributed by atoms with Crippen LogP contribution in [0.1, 0.15) is 61.8 Å². The summed E-state index contributed by atoms with van der Waals surface area (Å²) in [6.07, 6.45) is 3.77. The van der Waals surface area contributed by atoms with E-state index in [1.807, 2.05) is 67.6 Å². The lowest BCUT2D eigenvalue weighted by molar-refractivity contribution is 0.138. The Labute approximate surface area is 254 Å². The topological polar surface area (TPSA) is 103 Å². The molecule has 5 aromatic rings. The van der Waals surface area contributed by atoms with E-state index in [1.54, 1.807) is 4.57 Å². The fourth-order valence-electron chi connectivity index (χ4n) is 5.82. The molecule has 220 valence electrons. The number of unbranched alkanes of at least 4 members (excludes halogenated alkanes) is 1. The summed E-state index contributed by atoms with van der Waals surface area (Å²) in [5.41, 5.74) is 6.19. The van der Waals surface area contributed by atoms with Gasteiger partial charge >= 0.3 is 5.76 Å². The van der Waals surface area contributed by atoms with Crippen molar-refractivity contribution in [3.63, 3.8) is 0 Å². The van der Waals surface area contributed by atoms with Gasteiger partial charge in [0.25, 0.3) is 5.56 Å². The zero-order valence-electron chi connectivity index (χ0n) is 24.7. The number of halogens is 1. The molecule has 1 aliphatic heterocycles. The number of hydrogen-bond donors (Lipinski definition) is 1. The second kappa shape index (κ2) is 11.3. The molecule has 0 saturated heterocycles. The van der Waals surface area contributed by atoms with E-state index in [0.29, 0.717) is 40.6 Å². The fourth-order valence-corrected chi connectivity index (χ4v) is 6.07. The Balaban J connectivity index is 1.39. The third kappa shape index (κ3) is 5.67. The van der Waals surface area contributed by atoms with Crippen molar-refractivity contribution in [3.05, 3.63) is 115 Å². The predicted octanol–water partition coefficient (Wildman–Crippen LogP) is 6.85. The minimum Gasteiger partial charge on any atom is -0.487 e. The predicted molar refractivity (Wildman–Crippen MR) is 167 cm³/mol. The molecule has 0 spiro atoms. The van der Waals surface area contributed by atoms with Crippen LogP contribution in [0, 0.1) is 6.92 Å². The molecule has 0 radical (unpaired) electrons. The van der Waals surface area contributed by atoms with Crippen molar-refractivity contribution in [1.29, 1.82) is 0 Å². The van der Waals surface area contributed by atoms with Crippen LogP contribution in [-0.2, 0) is 19.3 Å². The van der Waals surface area contributed by atoms with Gasteiger partial charge in [-0.05, 0) is 74.6 Å². The van der Waals surface area contributed by atoms with E-state index in [4.69, 9.17) is 25.8 Å². The van der Waals surface area contributed by atoms with Crippen molar-refractivity contribution in [2.45, 2.75) is 65.4 Å². The summed E-state index contributed by atoms with van der Waals surface area (Å²) in [6, 6.07) is 19.3. The second-order valence-electron chi connectivity index (χ2n) is 11.6. The Bertz CT molecular complexity index is 1950. The van der Waals surface area contributed by atoms with E-state index in [9.17, 15) is 9.59 Å². The van der Waals surface area contributed by atoms with Gasteiger partial charge in [0.1, 0.15) is 17.2 Å². The minimum absolute atomic E-state index is 0.0859. The van der Waals surface area contributed by atoms with Crippen LogP contribution in [0.4, 0.5) is 0 Å². The number of ether oxygens (including phenoxy) is 1. The van der Waals surface area contributed by atoms with Crippen molar-refractivity contribution >= 4 is 11.6 Å². The standard InChI is InChI=1S/C34H33ClN4O4/c1-5-6-11-29-27(32(40)39(20(2)36-29)24-14-15-30-23(16-24)19-34(3,4)42-30)17-22-13-12-21(18-28(22)35)25-9-7-8-10-26(25)31-37-33(41)43-38-31/h7-10,12-16,18H,5-6,11,17,19H2,1-4H3,(H,37,38,41). The minimum atomic E-state index is -0.619. The number of rotatable bonds is 8. The lowest BCUT2D eigenvalue weighted by Crippen LogP contribution is -2.28. The molecule has 0 amide bonds. The van der Waals surface area contributed by atoms with Crippen LogP contribution in [0.2, 0.25) is 5.02 Å². The normalized spacial score (nSPS) is 13.6. The number of nitrogens with one attached hydrogen (secondary N) is 1. The summed E-state index contributed by atoms with van der Waals surface area (Å²) >= 11 is 6.88. The maximum atomic E-state index is 14.2. The van der Waals surface area contributed by atoms with E-state index >= 15 is 0 Å². The molecule has 1 aliphatic rings. The number of aryl methyl sites for hydroxylation is 2. The van der Waals surface area contributed by atoms with Gasteiger partial charge < -0.3 is 4.74 Å². The summed E-state index contributed by atoms with van der Waals surface area (Å²) < 4.78 is 12.5. The van der Waals surface area contributed by atoms with Gasteiger partial charge in [-0.2, -0.15) is 0 Å². The van der Waals surface area contributed by atoms with Crippen molar-refractivity contribution in [1.82, 2.24) is 19.7 Å². The molecular formula is C34H33ClN4O4. The highest BCUT2D eigenvalue weighted by molar-refractivity contribution is 6.31. The molecule has 8 nitrogen and oxygen atoms in total. The van der Waals surface area contributed by atoms with Crippen LogP contribution >= 0.6 is 11.6 Å². The molecule has 0 aliphatic carbocycles. The molecule has 0 bridgehead atoms. The molecule has 0 saturated carbocycles. The average molecular weight is 597 g/mol. The van der Waals surface area contributed by atoms with Crippen LogP contribution in [0.5, 0.6) is 5.75 Å². The van der Waals surface area contributed by atoms with E-state index in [2.05, 4.69) is 30.9 Å². The molecule has 0 fully saturated rings. The number of aromatic nitrogens is 4. The third-order valence-electron chi connectivity index (χ3n) is 7.86. The van der Waals surface area contributed by atoms with Gasteiger partial charge in [0, 0.05) is 34.6 Å². The molecule has 43 heavy (non-hydrogen) atoms. The highest BCUT2D eigenvalue weighted by atomic mass is 35.5. The first-order chi connectivity index (χ1) is 20.6. The van der Waals surface area contributed by atoms with Crippen LogP contribution in [0.3, 0.4) is 0 Å². The van der Waals surface area contributed by atoms with Gasteiger partial charge in [-0.25, -0.2) is 9.78 Å². The SMILES string of the molecule is CCCCc1nc(C)n(-c2ccc3c(c2)CC(C)(C)O3)c(=O)c1Cc1ccc(-c2ccccc2-c2noc(=O)[nH]2)cc1Cl. The maximum absolute atomic E-state index is 14.2. The maximum Gasteiger partial charge on any atom is 0.439 e. The average Bonchev–Trinajstić information content (AvgIpc) is 3.55.